The van der Waals surface area contributed by atoms with Gasteiger partial charge >= 0.3 is 0 Å². The van der Waals surface area contributed by atoms with Crippen molar-refractivity contribution >= 4 is 0 Å². The van der Waals surface area contributed by atoms with Crippen molar-refractivity contribution < 1.29 is 14.2 Å². The third-order valence-electron chi connectivity index (χ3n) is 3.66. The number of hydrogen-bond donors (Lipinski definition) is 1. The maximum atomic E-state index is 13.6. The van der Waals surface area contributed by atoms with Gasteiger partial charge in [0.1, 0.15) is 0 Å². The molecule has 2 rings (SSSR count). The number of halogens is 1. The molecule has 1 aliphatic rings. The smallest absolute Gasteiger partial charge is 0.165 e. The van der Waals surface area contributed by atoms with Crippen molar-refractivity contribution in [3.63, 3.8) is 0 Å². The largest absolute Gasteiger partial charge is 0.494 e. The van der Waals surface area contributed by atoms with E-state index < -0.39 is 11.4 Å². The number of rotatable bonds is 2. The van der Waals surface area contributed by atoms with Gasteiger partial charge in [-0.1, -0.05) is 19.4 Å². The molecule has 2 atom stereocenters. The Kier molecular flexibility index (Phi) is 3.38. The molecule has 94 valence electrons. The molecule has 0 radical (unpaired) electrons. The molecule has 0 bridgehead atoms. The standard InChI is InChI=1S/C14H19FO2/c1-10-4-3-7-14(16,9-10)11-5-6-13(17-2)12(15)8-11/h5-6,8,10,16H,3-4,7,9H2,1-2H3. The molecule has 3 heteroatoms. The molecule has 1 N–H and O–H groups in total. The summed E-state index contributed by atoms with van der Waals surface area (Å²) in [4.78, 5) is 0. The van der Waals surface area contributed by atoms with Crippen LogP contribution in [-0.2, 0) is 5.60 Å². The normalized spacial score (nSPS) is 29.1. The second-order valence-corrected chi connectivity index (χ2v) is 5.08. The van der Waals surface area contributed by atoms with E-state index in [1.165, 1.54) is 13.2 Å². The topological polar surface area (TPSA) is 29.5 Å². The van der Waals surface area contributed by atoms with E-state index in [9.17, 15) is 9.50 Å². The van der Waals surface area contributed by atoms with Crippen molar-refractivity contribution in [3.05, 3.63) is 29.6 Å². The number of aliphatic hydroxyl groups is 1. The van der Waals surface area contributed by atoms with E-state index in [0.717, 1.165) is 12.8 Å². The van der Waals surface area contributed by atoms with E-state index in [2.05, 4.69) is 6.92 Å². The van der Waals surface area contributed by atoms with Crippen LogP contribution < -0.4 is 4.74 Å². The molecular weight excluding hydrogens is 219 g/mol. The third kappa shape index (κ3) is 2.44. The van der Waals surface area contributed by atoms with E-state index in [4.69, 9.17) is 4.74 Å². The van der Waals surface area contributed by atoms with Crippen LogP contribution in [-0.4, -0.2) is 12.2 Å². The first kappa shape index (κ1) is 12.4. The predicted octanol–water partition coefficient (Wildman–Crippen LogP) is 3.23. The molecule has 1 saturated carbocycles. The molecule has 1 aromatic rings. The van der Waals surface area contributed by atoms with Gasteiger partial charge in [-0.2, -0.15) is 0 Å². The van der Waals surface area contributed by atoms with Crippen LogP contribution in [0, 0.1) is 11.7 Å². The minimum absolute atomic E-state index is 0.223. The van der Waals surface area contributed by atoms with Crippen LogP contribution in [0.5, 0.6) is 5.75 Å². The van der Waals surface area contributed by atoms with Gasteiger partial charge in [0.05, 0.1) is 12.7 Å². The molecule has 2 unspecified atom stereocenters. The Morgan fingerprint density at radius 3 is 2.82 bits per heavy atom. The zero-order valence-corrected chi connectivity index (χ0v) is 10.4. The maximum absolute atomic E-state index is 13.6. The second-order valence-electron chi connectivity index (χ2n) is 5.08. The van der Waals surface area contributed by atoms with Crippen molar-refractivity contribution in [2.75, 3.05) is 7.11 Å². The highest BCUT2D eigenvalue weighted by atomic mass is 19.1. The summed E-state index contributed by atoms with van der Waals surface area (Å²) in [6.07, 6.45) is 3.55. The molecule has 2 nitrogen and oxygen atoms in total. The molecule has 1 fully saturated rings. The molecule has 17 heavy (non-hydrogen) atoms. The third-order valence-corrected chi connectivity index (χ3v) is 3.66. The van der Waals surface area contributed by atoms with E-state index in [1.807, 2.05) is 0 Å². The summed E-state index contributed by atoms with van der Waals surface area (Å²) in [6, 6.07) is 4.75. The Morgan fingerprint density at radius 1 is 1.47 bits per heavy atom. The van der Waals surface area contributed by atoms with Gasteiger partial charge < -0.3 is 9.84 Å². The minimum Gasteiger partial charge on any atom is -0.494 e. The lowest BCUT2D eigenvalue weighted by atomic mass is 9.75. The lowest BCUT2D eigenvalue weighted by Gasteiger charge is -2.36. The fourth-order valence-electron chi connectivity index (χ4n) is 2.74. The van der Waals surface area contributed by atoms with E-state index in [0.29, 0.717) is 24.3 Å². The molecule has 0 saturated heterocycles. The summed E-state index contributed by atoms with van der Waals surface area (Å²) >= 11 is 0. The Labute approximate surface area is 101 Å². The van der Waals surface area contributed by atoms with Gasteiger partial charge in [0, 0.05) is 0 Å². The zero-order valence-electron chi connectivity index (χ0n) is 10.4. The van der Waals surface area contributed by atoms with Gasteiger partial charge in [0.25, 0.3) is 0 Å². The van der Waals surface area contributed by atoms with Gasteiger partial charge in [0.15, 0.2) is 11.6 Å². The van der Waals surface area contributed by atoms with Crippen LogP contribution in [0.4, 0.5) is 4.39 Å². The highest BCUT2D eigenvalue weighted by molar-refractivity contribution is 5.32. The fourth-order valence-corrected chi connectivity index (χ4v) is 2.74. The summed E-state index contributed by atoms with van der Waals surface area (Å²) in [7, 11) is 1.44. The van der Waals surface area contributed by atoms with Crippen LogP contribution in [0.25, 0.3) is 0 Å². The zero-order chi connectivity index (χ0) is 12.5. The molecule has 0 spiro atoms. The Bertz CT molecular complexity index is 405. The van der Waals surface area contributed by atoms with Gasteiger partial charge in [0.2, 0.25) is 0 Å². The summed E-state index contributed by atoms with van der Waals surface area (Å²) in [6.45, 7) is 2.13. The van der Waals surface area contributed by atoms with E-state index in [1.54, 1.807) is 12.1 Å². The predicted molar refractivity (Wildman–Crippen MR) is 64.5 cm³/mol. The highest BCUT2D eigenvalue weighted by Crippen LogP contribution is 2.40. The van der Waals surface area contributed by atoms with Gasteiger partial charge in [-0.15, -0.1) is 0 Å². The summed E-state index contributed by atoms with van der Waals surface area (Å²) in [5.41, 5.74) is -0.201. The SMILES string of the molecule is COc1ccc(C2(O)CCCC(C)C2)cc1F. The number of hydrogen-bond acceptors (Lipinski definition) is 2. The highest BCUT2D eigenvalue weighted by Gasteiger charge is 2.34. The number of ether oxygens (including phenoxy) is 1. The van der Waals surface area contributed by atoms with Crippen molar-refractivity contribution in [2.24, 2.45) is 5.92 Å². The molecule has 0 aliphatic heterocycles. The summed E-state index contributed by atoms with van der Waals surface area (Å²) in [5.74, 6) is 0.303. The quantitative estimate of drug-likeness (QED) is 0.857. The van der Waals surface area contributed by atoms with Gasteiger partial charge in [-0.25, -0.2) is 4.39 Å². The molecular formula is C14H19FO2. The van der Waals surface area contributed by atoms with Gasteiger partial charge in [-0.3, -0.25) is 0 Å². The molecule has 1 aromatic carbocycles. The Hall–Kier alpha value is -1.09. The molecule has 0 amide bonds. The van der Waals surface area contributed by atoms with Crippen molar-refractivity contribution in [1.29, 1.82) is 0 Å². The van der Waals surface area contributed by atoms with Crippen LogP contribution in [0.15, 0.2) is 18.2 Å². The first-order chi connectivity index (χ1) is 8.05. The average molecular weight is 238 g/mol. The van der Waals surface area contributed by atoms with Gasteiger partial charge in [-0.05, 0) is 42.9 Å². The van der Waals surface area contributed by atoms with E-state index >= 15 is 0 Å². The first-order valence-corrected chi connectivity index (χ1v) is 6.11. The van der Waals surface area contributed by atoms with Crippen molar-refractivity contribution in [1.82, 2.24) is 0 Å². The van der Waals surface area contributed by atoms with Crippen LogP contribution >= 0.6 is 0 Å². The lowest BCUT2D eigenvalue weighted by molar-refractivity contribution is -0.0181. The van der Waals surface area contributed by atoms with E-state index in [-0.39, 0.29) is 5.75 Å². The molecule has 0 heterocycles. The Balaban J connectivity index is 2.29. The Morgan fingerprint density at radius 2 is 2.24 bits per heavy atom. The fraction of sp³-hybridized carbons (Fsp3) is 0.571. The molecule has 1 aliphatic carbocycles. The summed E-state index contributed by atoms with van der Waals surface area (Å²) in [5, 5.41) is 10.6. The molecule has 0 aromatic heterocycles. The second kappa shape index (κ2) is 4.65. The van der Waals surface area contributed by atoms with Crippen molar-refractivity contribution in [2.45, 2.75) is 38.2 Å². The van der Waals surface area contributed by atoms with Crippen LogP contribution in [0.1, 0.15) is 38.2 Å². The monoisotopic (exact) mass is 238 g/mol. The van der Waals surface area contributed by atoms with Crippen molar-refractivity contribution in [3.8, 4) is 5.75 Å². The maximum Gasteiger partial charge on any atom is 0.165 e. The lowest BCUT2D eigenvalue weighted by Crippen LogP contribution is -2.31. The first-order valence-electron chi connectivity index (χ1n) is 6.11. The average Bonchev–Trinajstić information content (AvgIpc) is 2.28. The number of benzene rings is 1. The minimum atomic E-state index is -0.870. The number of methoxy groups -OCH3 is 1. The van der Waals surface area contributed by atoms with Crippen LogP contribution in [0.2, 0.25) is 0 Å². The summed E-state index contributed by atoms with van der Waals surface area (Å²) < 4.78 is 18.5. The van der Waals surface area contributed by atoms with Crippen LogP contribution in [0.3, 0.4) is 0 Å².